The summed E-state index contributed by atoms with van der Waals surface area (Å²) in [4.78, 5) is 1.61. The van der Waals surface area contributed by atoms with Crippen molar-refractivity contribution in [2.75, 3.05) is 6.54 Å². The molecule has 1 unspecified atom stereocenters. The summed E-state index contributed by atoms with van der Waals surface area (Å²) in [6.45, 7) is 3.27. The molecule has 1 aliphatic rings. The first kappa shape index (κ1) is 9.93. The van der Waals surface area contributed by atoms with Crippen LogP contribution in [0, 0.1) is 2.88 Å². The van der Waals surface area contributed by atoms with E-state index in [-0.39, 0.29) is 0 Å². The van der Waals surface area contributed by atoms with Crippen molar-refractivity contribution in [3.63, 3.8) is 0 Å². The number of hydrogen-bond acceptors (Lipinski definition) is 2. The highest BCUT2D eigenvalue weighted by Gasteiger charge is 2.21. The Balaban J connectivity index is 2.25. The second kappa shape index (κ2) is 4.28. The Morgan fingerprint density at radius 2 is 2.54 bits per heavy atom. The molecule has 72 valence electrons. The van der Waals surface area contributed by atoms with Gasteiger partial charge in [-0.25, -0.2) is 0 Å². The molecule has 0 saturated heterocycles. The lowest BCUT2D eigenvalue weighted by Crippen LogP contribution is -2.23. The van der Waals surface area contributed by atoms with Gasteiger partial charge < -0.3 is 5.32 Å². The van der Waals surface area contributed by atoms with Crippen LogP contribution in [0.2, 0.25) is 0 Å². The Hall–Kier alpha value is 0.390. The Morgan fingerprint density at radius 3 is 3.31 bits per heavy atom. The number of fused-ring (bicyclic) bond motifs is 1. The Kier molecular flexibility index (Phi) is 3.26. The van der Waals surface area contributed by atoms with Crippen molar-refractivity contribution in [1.29, 1.82) is 0 Å². The minimum atomic E-state index is 0.633. The van der Waals surface area contributed by atoms with Gasteiger partial charge in [0.1, 0.15) is 0 Å². The molecule has 0 spiro atoms. The van der Waals surface area contributed by atoms with E-state index >= 15 is 0 Å². The maximum Gasteiger partial charge on any atom is 0.0659 e. The Morgan fingerprint density at radius 1 is 1.69 bits per heavy atom. The minimum Gasteiger partial charge on any atom is -0.310 e. The van der Waals surface area contributed by atoms with Crippen molar-refractivity contribution in [3.05, 3.63) is 19.4 Å². The van der Waals surface area contributed by atoms with Gasteiger partial charge in [-0.15, -0.1) is 11.3 Å². The highest BCUT2D eigenvalue weighted by molar-refractivity contribution is 14.1. The van der Waals surface area contributed by atoms with E-state index in [4.69, 9.17) is 0 Å². The summed E-state index contributed by atoms with van der Waals surface area (Å²) in [5.74, 6) is 0. The maximum atomic E-state index is 3.56. The molecule has 0 amide bonds. The van der Waals surface area contributed by atoms with E-state index in [0.29, 0.717) is 6.04 Å². The third kappa shape index (κ3) is 2.07. The van der Waals surface area contributed by atoms with Gasteiger partial charge in [-0.05, 0) is 60.0 Å². The average Bonchev–Trinajstić information content (AvgIpc) is 2.47. The molecular formula is C10H14INS. The zero-order chi connectivity index (χ0) is 9.26. The monoisotopic (exact) mass is 307 g/mol. The fourth-order valence-corrected chi connectivity index (χ4v) is 4.10. The van der Waals surface area contributed by atoms with Crippen LogP contribution in [0.3, 0.4) is 0 Å². The lowest BCUT2D eigenvalue weighted by atomic mass is 9.94. The second-order valence-corrected chi connectivity index (χ2v) is 6.46. The second-order valence-electron chi connectivity index (χ2n) is 3.43. The van der Waals surface area contributed by atoms with Crippen LogP contribution < -0.4 is 5.32 Å². The topological polar surface area (TPSA) is 12.0 Å². The summed E-state index contributed by atoms with van der Waals surface area (Å²) in [6.07, 6.45) is 3.96. The van der Waals surface area contributed by atoms with Gasteiger partial charge in [0.15, 0.2) is 0 Å². The highest BCUT2D eigenvalue weighted by atomic mass is 127. The number of nitrogens with one attached hydrogen (secondary N) is 1. The standard InChI is InChI=1S/C10H14INS/c1-2-12-8-4-3-5-9-7(8)6-10(11)13-9/h6,8,12H,2-5H2,1H3. The molecule has 1 nitrogen and oxygen atoms in total. The molecule has 1 atom stereocenters. The zero-order valence-corrected chi connectivity index (χ0v) is 10.7. The highest BCUT2D eigenvalue weighted by Crippen LogP contribution is 2.36. The Bertz CT molecular complexity index is 295. The van der Waals surface area contributed by atoms with Crippen LogP contribution in [0.4, 0.5) is 0 Å². The largest absolute Gasteiger partial charge is 0.310 e. The van der Waals surface area contributed by atoms with Crippen molar-refractivity contribution in [1.82, 2.24) is 5.32 Å². The molecule has 3 heteroatoms. The van der Waals surface area contributed by atoms with Gasteiger partial charge >= 0.3 is 0 Å². The predicted octanol–water partition coefficient (Wildman–Crippen LogP) is 3.34. The molecular weight excluding hydrogens is 293 g/mol. The van der Waals surface area contributed by atoms with Gasteiger partial charge in [0.2, 0.25) is 0 Å². The van der Waals surface area contributed by atoms with Crippen LogP contribution in [0.5, 0.6) is 0 Å². The van der Waals surface area contributed by atoms with E-state index < -0.39 is 0 Å². The van der Waals surface area contributed by atoms with E-state index in [2.05, 4.69) is 40.9 Å². The van der Waals surface area contributed by atoms with Crippen LogP contribution >= 0.6 is 33.9 Å². The van der Waals surface area contributed by atoms with Crippen molar-refractivity contribution in [2.24, 2.45) is 0 Å². The molecule has 1 aromatic rings. The lowest BCUT2D eigenvalue weighted by Gasteiger charge is -2.22. The van der Waals surface area contributed by atoms with E-state index in [1.807, 2.05) is 11.3 Å². The van der Waals surface area contributed by atoms with Crippen molar-refractivity contribution in [3.8, 4) is 0 Å². The van der Waals surface area contributed by atoms with Gasteiger partial charge in [0.25, 0.3) is 0 Å². The molecule has 1 N–H and O–H groups in total. The number of halogens is 1. The van der Waals surface area contributed by atoms with Crippen molar-refractivity contribution < 1.29 is 0 Å². The normalized spacial score (nSPS) is 21.5. The summed E-state index contributed by atoms with van der Waals surface area (Å²) in [7, 11) is 0. The summed E-state index contributed by atoms with van der Waals surface area (Å²) < 4.78 is 1.44. The Labute approximate surface area is 97.1 Å². The third-order valence-electron chi connectivity index (χ3n) is 2.53. The molecule has 0 aliphatic heterocycles. The fourth-order valence-electron chi connectivity index (χ4n) is 1.98. The third-order valence-corrected chi connectivity index (χ3v) is 4.51. The average molecular weight is 307 g/mol. The van der Waals surface area contributed by atoms with Crippen LogP contribution in [0.15, 0.2) is 6.07 Å². The smallest absolute Gasteiger partial charge is 0.0659 e. The summed E-state index contributed by atoms with van der Waals surface area (Å²) in [6, 6.07) is 2.99. The van der Waals surface area contributed by atoms with E-state index in [1.54, 1.807) is 10.4 Å². The molecule has 1 aromatic heterocycles. The minimum absolute atomic E-state index is 0.633. The number of thiophene rings is 1. The van der Waals surface area contributed by atoms with Gasteiger partial charge in [0.05, 0.1) is 2.88 Å². The van der Waals surface area contributed by atoms with Crippen LogP contribution in [0.25, 0.3) is 0 Å². The zero-order valence-electron chi connectivity index (χ0n) is 7.77. The van der Waals surface area contributed by atoms with Crippen molar-refractivity contribution in [2.45, 2.75) is 32.2 Å². The fraction of sp³-hybridized carbons (Fsp3) is 0.600. The van der Waals surface area contributed by atoms with Crippen LogP contribution in [-0.2, 0) is 6.42 Å². The number of aryl methyl sites for hydroxylation is 1. The first-order valence-corrected chi connectivity index (χ1v) is 6.72. The van der Waals surface area contributed by atoms with Gasteiger partial charge in [0, 0.05) is 10.9 Å². The van der Waals surface area contributed by atoms with Gasteiger partial charge in [-0.1, -0.05) is 6.92 Å². The van der Waals surface area contributed by atoms with Gasteiger partial charge in [-0.3, -0.25) is 0 Å². The first-order valence-electron chi connectivity index (χ1n) is 4.82. The molecule has 2 rings (SSSR count). The summed E-state index contributed by atoms with van der Waals surface area (Å²) in [5.41, 5.74) is 1.57. The van der Waals surface area contributed by atoms with E-state index in [0.717, 1.165) is 6.54 Å². The molecule has 0 aromatic carbocycles. The SMILES string of the molecule is CCNC1CCCc2sc(I)cc21. The van der Waals surface area contributed by atoms with E-state index in [9.17, 15) is 0 Å². The number of hydrogen-bond donors (Lipinski definition) is 1. The molecule has 13 heavy (non-hydrogen) atoms. The molecule has 1 heterocycles. The molecule has 0 saturated carbocycles. The number of rotatable bonds is 2. The quantitative estimate of drug-likeness (QED) is 0.826. The van der Waals surface area contributed by atoms with Crippen molar-refractivity contribution >= 4 is 33.9 Å². The first-order chi connectivity index (χ1) is 6.31. The predicted molar refractivity (Wildman–Crippen MR) is 66.4 cm³/mol. The molecule has 0 radical (unpaired) electrons. The van der Waals surface area contributed by atoms with Crippen LogP contribution in [-0.4, -0.2) is 6.54 Å². The molecule has 0 fully saturated rings. The summed E-state index contributed by atoms with van der Waals surface area (Å²) >= 11 is 4.40. The lowest BCUT2D eigenvalue weighted by molar-refractivity contribution is 0.476. The molecule has 0 bridgehead atoms. The van der Waals surface area contributed by atoms with Crippen LogP contribution in [0.1, 0.15) is 36.2 Å². The summed E-state index contributed by atoms with van der Waals surface area (Å²) in [5, 5.41) is 3.56. The molecule has 1 aliphatic carbocycles. The van der Waals surface area contributed by atoms with E-state index in [1.165, 1.54) is 22.1 Å². The van der Waals surface area contributed by atoms with Gasteiger partial charge in [-0.2, -0.15) is 0 Å². The maximum absolute atomic E-state index is 3.56.